The number of alkyl halides is 1. The van der Waals surface area contributed by atoms with E-state index in [0.717, 1.165) is 16.9 Å². The molecule has 0 heterocycles. The van der Waals surface area contributed by atoms with Crippen molar-refractivity contribution >= 4 is 17.6 Å². The molecule has 1 atom stereocenters. The SMILES string of the molecule is COc1ccc(C)cc1C(Cl)CN(C)CCC(=O)O. The standard InChI is InChI=1S/C14H20ClNO3/c1-10-4-5-13(19-3)11(8-10)12(15)9-16(2)7-6-14(17)18/h4-5,8,12H,6-7,9H2,1-3H3,(H,17,18). The van der Waals surface area contributed by atoms with Gasteiger partial charge < -0.3 is 14.7 Å². The molecule has 0 bridgehead atoms. The molecule has 4 nitrogen and oxygen atoms in total. The Morgan fingerprint density at radius 2 is 2.21 bits per heavy atom. The lowest BCUT2D eigenvalue weighted by Crippen LogP contribution is -2.25. The quantitative estimate of drug-likeness (QED) is 0.783. The number of benzene rings is 1. The first kappa shape index (κ1) is 15.8. The van der Waals surface area contributed by atoms with Crippen LogP contribution < -0.4 is 4.74 Å². The van der Waals surface area contributed by atoms with Gasteiger partial charge in [0.05, 0.1) is 18.9 Å². The smallest absolute Gasteiger partial charge is 0.304 e. The number of carboxylic acids is 1. The Labute approximate surface area is 118 Å². The highest BCUT2D eigenvalue weighted by atomic mass is 35.5. The summed E-state index contributed by atoms with van der Waals surface area (Å²) in [6.07, 6.45) is 0.116. The molecular formula is C14H20ClNO3. The van der Waals surface area contributed by atoms with Gasteiger partial charge in [-0.2, -0.15) is 0 Å². The van der Waals surface area contributed by atoms with Crippen LogP contribution in [-0.2, 0) is 4.79 Å². The first-order chi connectivity index (χ1) is 8.93. The van der Waals surface area contributed by atoms with Crippen LogP contribution in [0.4, 0.5) is 0 Å². The van der Waals surface area contributed by atoms with Crippen molar-refractivity contribution in [2.24, 2.45) is 0 Å². The molecule has 0 amide bonds. The van der Waals surface area contributed by atoms with Crippen LogP contribution in [0.5, 0.6) is 5.75 Å². The number of aliphatic carboxylic acids is 1. The van der Waals surface area contributed by atoms with Gasteiger partial charge >= 0.3 is 5.97 Å². The third-order valence-corrected chi connectivity index (χ3v) is 3.28. The number of hydrogen-bond acceptors (Lipinski definition) is 3. The fraction of sp³-hybridized carbons (Fsp3) is 0.500. The minimum Gasteiger partial charge on any atom is -0.496 e. The Morgan fingerprint density at radius 3 is 2.79 bits per heavy atom. The molecule has 0 saturated heterocycles. The van der Waals surface area contributed by atoms with Crippen molar-refractivity contribution in [2.75, 3.05) is 27.2 Å². The average molecular weight is 286 g/mol. The average Bonchev–Trinajstić information content (AvgIpc) is 2.36. The van der Waals surface area contributed by atoms with Crippen LogP contribution in [0.2, 0.25) is 0 Å². The number of aryl methyl sites for hydroxylation is 1. The van der Waals surface area contributed by atoms with E-state index < -0.39 is 5.97 Å². The van der Waals surface area contributed by atoms with E-state index in [9.17, 15) is 4.79 Å². The Kier molecular flexibility index (Phi) is 6.12. The lowest BCUT2D eigenvalue weighted by molar-refractivity contribution is -0.137. The fourth-order valence-electron chi connectivity index (χ4n) is 1.85. The zero-order chi connectivity index (χ0) is 14.4. The van der Waals surface area contributed by atoms with E-state index in [4.69, 9.17) is 21.4 Å². The zero-order valence-electron chi connectivity index (χ0n) is 11.5. The van der Waals surface area contributed by atoms with Crippen LogP contribution in [0.25, 0.3) is 0 Å². The van der Waals surface area contributed by atoms with Gasteiger partial charge in [0, 0.05) is 18.7 Å². The first-order valence-electron chi connectivity index (χ1n) is 6.13. The molecule has 1 N–H and O–H groups in total. The van der Waals surface area contributed by atoms with Gasteiger partial charge in [0.25, 0.3) is 0 Å². The van der Waals surface area contributed by atoms with Gasteiger partial charge in [-0.1, -0.05) is 17.7 Å². The lowest BCUT2D eigenvalue weighted by atomic mass is 10.1. The molecule has 1 rings (SSSR count). The van der Waals surface area contributed by atoms with Crippen LogP contribution in [0.1, 0.15) is 22.9 Å². The van der Waals surface area contributed by atoms with Gasteiger partial charge in [-0.25, -0.2) is 0 Å². The number of carbonyl (C=O) groups is 1. The summed E-state index contributed by atoms with van der Waals surface area (Å²) >= 11 is 6.40. The highest BCUT2D eigenvalue weighted by Crippen LogP contribution is 2.31. The van der Waals surface area contributed by atoms with Gasteiger partial charge in [0.2, 0.25) is 0 Å². The van der Waals surface area contributed by atoms with Gasteiger partial charge in [-0.3, -0.25) is 4.79 Å². The third-order valence-electron chi connectivity index (χ3n) is 2.90. The van der Waals surface area contributed by atoms with Crippen molar-refractivity contribution in [3.63, 3.8) is 0 Å². The lowest BCUT2D eigenvalue weighted by Gasteiger charge is -2.21. The van der Waals surface area contributed by atoms with Crippen LogP contribution >= 0.6 is 11.6 Å². The number of carboxylic acid groups (broad SMARTS) is 1. The van der Waals surface area contributed by atoms with Crippen LogP contribution in [-0.4, -0.2) is 43.2 Å². The summed E-state index contributed by atoms with van der Waals surface area (Å²) in [6.45, 7) is 3.06. The highest BCUT2D eigenvalue weighted by Gasteiger charge is 2.16. The second-order valence-corrected chi connectivity index (χ2v) is 5.15. The number of likely N-dealkylation sites (N-methyl/N-ethyl adjacent to an activating group) is 1. The molecule has 1 unspecified atom stereocenters. The molecule has 0 aliphatic heterocycles. The maximum absolute atomic E-state index is 10.5. The van der Waals surface area contributed by atoms with Crippen molar-refractivity contribution in [2.45, 2.75) is 18.7 Å². The molecule has 0 saturated carbocycles. The summed E-state index contributed by atoms with van der Waals surface area (Å²) < 4.78 is 5.30. The maximum atomic E-state index is 10.5. The van der Waals surface area contributed by atoms with Gasteiger partial charge in [-0.05, 0) is 20.0 Å². The summed E-state index contributed by atoms with van der Waals surface area (Å²) in [4.78, 5) is 12.4. The van der Waals surface area contributed by atoms with Crippen molar-refractivity contribution in [1.82, 2.24) is 4.90 Å². The molecule has 0 fully saturated rings. The van der Waals surface area contributed by atoms with Crippen molar-refractivity contribution in [3.05, 3.63) is 29.3 Å². The maximum Gasteiger partial charge on any atom is 0.304 e. The second kappa shape index (κ2) is 7.36. The van der Waals surface area contributed by atoms with Gasteiger partial charge in [-0.15, -0.1) is 11.6 Å². The number of hydrogen-bond donors (Lipinski definition) is 1. The summed E-state index contributed by atoms with van der Waals surface area (Å²) in [5, 5.41) is 8.42. The molecule has 106 valence electrons. The summed E-state index contributed by atoms with van der Waals surface area (Å²) in [5.74, 6) is -0.0386. The largest absolute Gasteiger partial charge is 0.496 e. The molecule has 0 aliphatic carbocycles. The minimum absolute atomic E-state index is 0.116. The number of ether oxygens (including phenoxy) is 1. The zero-order valence-corrected chi connectivity index (χ0v) is 12.3. The van der Waals surface area contributed by atoms with E-state index in [0.29, 0.717) is 13.1 Å². The first-order valence-corrected chi connectivity index (χ1v) is 6.56. The van der Waals surface area contributed by atoms with Crippen LogP contribution in [0, 0.1) is 6.92 Å². The monoisotopic (exact) mass is 285 g/mol. The molecule has 0 aromatic heterocycles. The Balaban J connectivity index is 2.69. The van der Waals surface area contributed by atoms with Crippen LogP contribution in [0.3, 0.4) is 0 Å². The predicted octanol–water partition coefficient (Wildman–Crippen LogP) is 2.69. The van der Waals surface area contributed by atoms with Gasteiger partial charge in [0.1, 0.15) is 5.75 Å². The van der Waals surface area contributed by atoms with Crippen LogP contribution in [0.15, 0.2) is 18.2 Å². The molecule has 0 spiro atoms. The van der Waals surface area contributed by atoms with E-state index in [-0.39, 0.29) is 11.8 Å². The number of methoxy groups -OCH3 is 1. The van der Waals surface area contributed by atoms with E-state index in [1.54, 1.807) is 7.11 Å². The fourth-order valence-corrected chi connectivity index (χ4v) is 2.25. The Bertz CT molecular complexity index is 437. The van der Waals surface area contributed by atoms with Crippen molar-refractivity contribution in [1.29, 1.82) is 0 Å². The Hall–Kier alpha value is -1.26. The molecule has 0 aliphatic rings. The normalized spacial score (nSPS) is 12.5. The minimum atomic E-state index is -0.800. The summed E-state index contributed by atoms with van der Waals surface area (Å²) in [6, 6.07) is 5.87. The van der Waals surface area contributed by atoms with E-state index >= 15 is 0 Å². The second-order valence-electron chi connectivity index (χ2n) is 4.62. The number of rotatable bonds is 7. The molecular weight excluding hydrogens is 266 g/mol. The Morgan fingerprint density at radius 1 is 1.53 bits per heavy atom. The predicted molar refractivity (Wildman–Crippen MR) is 76.1 cm³/mol. The molecule has 1 aromatic carbocycles. The van der Waals surface area contributed by atoms with E-state index in [1.165, 1.54) is 0 Å². The molecule has 0 radical (unpaired) electrons. The highest BCUT2D eigenvalue weighted by molar-refractivity contribution is 6.21. The molecule has 5 heteroatoms. The van der Waals surface area contributed by atoms with Crippen molar-refractivity contribution in [3.8, 4) is 5.75 Å². The van der Waals surface area contributed by atoms with Crippen molar-refractivity contribution < 1.29 is 14.6 Å². The summed E-state index contributed by atoms with van der Waals surface area (Å²) in [5.41, 5.74) is 2.06. The van der Waals surface area contributed by atoms with E-state index in [2.05, 4.69) is 0 Å². The third kappa shape index (κ3) is 5.09. The number of nitrogens with zero attached hydrogens (tertiary/aromatic N) is 1. The topological polar surface area (TPSA) is 49.8 Å². The van der Waals surface area contributed by atoms with Gasteiger partial charge in [0.15, 0.2) is 0 Å². The molecule has 1 aromatic rings. The van der Waals surface area contributed by atoms with E-state index in [1.807, 2.05) is 37.1 Å². The molecule has 19 heavy (non-hydrogen) atoms. The number of halogens is 1. The summed E-state index contributed by atoms with van der Waals surface area (Å²) in [7, 11) is 3.48.